The number of carbonyl (C=O) groups is 1. The third-order valence-corrected chi connectivity index (χ3v) is 6.24. The maximum Gasteiger partial charge on any atom is 0.416 e. The molecule has 3 rings (SSSR count). The quantitative estimate of drug-likeness (QED) is 0.644. The van der Waals surface area contributed by atoms with E-state index in [2.05, 4.69) is 10.2 Å². The second kappa shape index (κ2) is 10.3. The third-order valence-electron chi connectivity index (χ3n) is 6.24. The number of hydrogen-bond donors (Lipinski definition) is 1. The zero-order valence-electron chi connectivity index (χ0n) is 17.3. The predicted molar refractivity (Wildman–Crippen MR) is 109 cm³/mol. The number of alkyl halides is 3. The van der Waals surface area contributed by atoms with Gasteiger partial charge in [0.1, 0.15) is 12.2 Å². The SMILES string of the molecule is N#CCC(=O)N[C@H]1CC[C@H](CCN2CC=C(c3cc(C(F)(F)F)ccc3F)CC2)CC1. The highest BCUT2D eigenvalue weighted by atomic mass is 19.4. The van der Waals surface area contributed by atoms with E-state index < -0.39 is 17.6 Å². The van der Waals surface area contributed by atoms with Gasteiger partial charge in [0.25, 0.3) is 0 Å². The van der Waals surface area contributed by atoms with E-state index in [4.69, 9.17) is 5.26 Å². The minimum atomic E-state index is -4.48. The van der Waals surface area contributed by atoms with Gasteiger partial charge in [0.2, 0.25) is 5.91 Å². The van der Waals surface area contributed by atoms with Gasteiger partial charge in [-0.1, -0.05) is 6.08 Å². The number of nitrogens with one attached hydrogen (secondary N) is 1. The molecule has 0 saturated heterocycles. The fourth-order valence-corrected chi connectivity index (χ4v) is 4.42. The molecule has 0 bridgehead atoms. The largest absolute Gasteiger partial charge is 0.416 e. The van der Waals surface area contributed by atoms with Crippen molar-refractivity contribution in [3.63, 3.8) is 0 Å². The molecule has 0 atom stereocenters. The van der Waals surface area contributed by atoms with Crippen molar-refractivity contribution >= 4 is 11.5 Å². The highest BCUT2D eigenvalue weighted by Gasteiger charge is 2.31. The molecule has 1 aliphatic heterocycles. The number of nitrogens with zero attached hydrogens (tertiary/aromatic N) is 2. The number of amides is 1. The Bertz CT molecular complexity index is 851. The van der Waals surface area contributed by atoms with Crippen molar-refractivity contribution in [1.29, 1.82) is 5.26 Å². The number of halogens is 4. The minimum Gasteiger partial charge on any atom is -0.352 e. The van der Waals surface area contributed by atoms with Crippen LogP contribution in [0.1, 0.15) is 56.1 Å². The fourth-order valence-electron chi connectivity index (χ4n) is 4.42. The van der Waals surface area contributed by atoms with Crippen LogP contribution in [0.25, 0.3) is 5.57 Å². The molecule has 1 fully saturated rings. The summed E-state index contributed by atoms with van der Waals surface area (Å²) in [6.07, 6.45) is 2.70. The first-order valence-corrected chi connectivity index (χ1v) is 10.7. The second-order valence-electron chi connectivity index (χ2n) is 8.38. The number of rotatable bonds is 6. The van der Waals surface area contributed by atoms with Crippen molar-refractivity contribution < 1.29 is 22.4 Å². The highest BCUT2D eigenvalue weighted by Crippen LogP contribution is 2.34. The lowest BCUT2D eigenvalue weighted by Crippen LogP contribution is -2.38. The monoisotopic (exact) mass is 437 g/mol. The maximum absolute atomic E-state index is 14.1. The Labute approximate surface area is 179 Å². The Balaban J connectivity index is 1.46. The molecule has 1 aliphatic carbocycles. The molecule has 1 aromatic rings. The lowest BCUT2D eigenvalue weighted by Gasteiger charge is -2.32. The van der Waals surface area contributed by atoms with E-state index in [9.17, 15) is 22.4 Å². The minimum absolute atomic E-state index is 0.0474. The van der Waals surface area contributed by atoms with Crippen molar-refractivity contribution in [2.75, 3.05) is 19.6 Å². The summed E-state index contributed by atoms with van der Waals surface area (Å²) in [5, 5.41) is 11.5. The lowest BCUT2D eigenvalue weighted by atomic mass is 9.84. The maximum atomic E-state index is 14.1. The van der Waals surface area contributed by atoms with Crippen LogP contribution >= 0.6 is 0 Å². The molecule has 1 amide bonds. The van der Waals surface area contributed by atoms with Gasteiger partial charge in [-0.3, -0.25) is 9.69 Å². The molecule has 1 aromatic carbocycles. The Kier molecular flexibility index (Phi) is 7.71. The van der Waals surface area contributed by atoms with Gasteiger partial charge in [-0.05, 0) is 74.8 Å². The summed E-state index contributed by atoms with van der Waals surface area (Å²) in [4.78, 5) is 13.8. The van der Waals surface area contributed by atoms with E-state index in [1.165, 1.54) is 0 Å². The lowest BCUT2D eigenvalue weighted by molar-refractivity contribution is -0.137. The third kappa shape index (κ3) is 6.54. The van der Waals surface area contributed by atoms with Crippen molar-refractivity contribution in [3.05, 3.63) is 41.2 Å². The predicted octanol–water partition coefficient (Wildman–Crippen LogP) is 4.91. The van der Waals surface area contributed by atoms with Crippen molar-refractivity contribution in [2.45, 2.75) is 57.2 Å². The molecule has 4 nitrogen and oxygen atoms in total. The Hall–Kier alpha value is -2.40. The van der Waals surface area contributed by atoms with Gasteiger partial charge in [-0.25, -0.2) is 4.39 Å². The summed E-state index contributed by atoms with van der Waals surface area (Å²) in [5.41, 5.74) is -0.147. The molecule has 0 aromatic heterocycles. The summed E-state index contributed by atoms with van der Waals surface area (Å²) in [7, 11) is 0. The van der Waals surface area contributed by atoms with E-state index in [0.29, 0.717) is 31.0 Å². The van der Waals surface area contributed by atoms with Gasteiger partial charge < -0.3 is 5.32 Å². The van der Waals surface area contributed by atoms with Crippen LogP contribution in [0.5, 0.6) is 0 Å². The Morgan fingerprint density at radius 2 is 1.97 bits per heavy atom. The van der Waals surface area contributed by atoms with Gasteiger partial charge in [0, 0.05) is 24.7 Å². The topological polar surface area (TPSA) is 56.1 Å². The van der Waals surface area contributed by atoms with Gasteiger partial charge >= 0.3 is 6.18 Å². The van der Waals surface area contributed by atoms with Crippen molar-refractivity contribution in [1.82, 2.24) is 10.2 Å². The number of hydrogen-bond acceptors (Lipinski definition) is 3. The molecule has 2 aliphatic rings. The van der Waals surface area contributed by atoms with E-state index in [1.807, 2.05) is 12.1 Å². The van der Waals surface area contributed by atoms with Crippen molar-refractivity contribution in [2.24, 2.45) is 5.92 Å². The molecular weight excluding hydrogens is 410 g/mol. The molecule has 168 valence electrons. The van der Waals surface area contributed by atoms with Gasteiger partial charge in [-0.2, -0.15) is 18.4 Å². The second-order valence-corrected chi connectivity index (χ2v) is 8.38. The van der Waals surface area contributed by atoms with E-state index in [1.54, 1.807) is 0 Å². The van der Waals surface area contributed by atoms with E-state index in [0.717, 1.165) is 56.8 Å². The summed E-state index contributed by atoms with van der Waals surface area (Å²) in [5.74, 6) is -0.249. The van der Waals surface area contributed by atoms with Crippen LogP contribution in [0.4, 0.5) is 17.6 Å². The average molecular weight is 437 g/mol. The molecule has 1 heterocycles. The highest BCUT2D eigenvalue weighted by molar-refractivity contribution is 5.78. The molecule has 31 heavy (non-hydrogen) atoms. The molecule has 1 saturated carbocycles. The summed E-state index contributed by atoms with van der Waals surface area (Å²) in [6, 6.07) is 4.58. The molecule has 1 N–H and O–H groups in total. The van der Waals surface area contributed by atoms with Crippen LogP contribution in [0.2, 0.25) is 0 Å². The van der Waals surface area contributed by atoms with Crippen LogP contribution in [0, 0.1) is 23.1 Å². The number of nitriles is 1. The van der Waals surface area contributed by atoms with Crippen LogP contribution in [0.15, 0.2) is 24.3 Å². The first-order chi connectivity index (χ1) is 14.8. The van der Waals surface area contributed by atoms with E-state index >= 15 is 0 Å². The number of carbonyl (C=O) groups excluding carboxylic acids is 1. The summed E-state index contributed by atoms with van der Waals surface area (Å²) < 4.78 is 53.0. The van der Waals surface area contributed by atoms with Crippen LogP contribution in [0.3, 0.4) is 0 Å². The van der Waals surface area contributed by atoms with Gasteiger partial charge in [0.15, 0.2) is 0 Å². The molecule has 0 radical (unpaired) electrons. The molecule has 8 heteroatoms. The standard InChI is InChI=1S/C23H27F4N3O/c24-21-6-3-18(23(25,26)27)15-20(21)17-9-13-30(14-10-17)12-8-16-1-4-19(5-2-16)29-22(31)7-11-28/h3,6,9,15-16,19H,1-2,4-5,7-8,10,12-14H2,(H,29,31)/t16-,19-. The van der Waals surface area contributed by atoms with Gasteiger partial charge in [0.05, 0.1) is 11.6 Å². The summed E-state index contributed by atoms with van der Waals surface area (Å²) in [6.45, 7) is 2.19. The van der Waals surface area contributed by atoms with E-state index in [-0.39, 0.29) is 23.9 Å². The van der Waals surface area contributed by atoms with Crippen LogP contribution < -0.4 is 5.32 Å². The van der Waals surface area contributed by atoms with Gasteiger partial charge in [-0.15, -0.1) is 0 Å². The zero-order valence-corrected chi connectivity index (χ0v) is 17.3. The Morgan fingerprint density at radius 3 is 2.58 bits per heavy atom. The van der Waals surface area contributed by atoms with Crippen molar-refractivity contribution in [3.8, 4) is 6.07 Å². The fraction of sp³-hybridized carbons (Fsp3) is 0.565. The first-order valence-electron chi connectivity index (χ1n) is 10.7. The average Bonchev–Trinajstić information content (AvgIpc) is 2.73. The molecule has 0 spiro atoms. The molecular formula is C23H27F4N3O. The van der Waals surface area contributed by atoms with Crippen LogP contribution in [-0.4, -0.2) is 36.5 Å². The number of benzene rings is 1. The Morgan fingerprint density at radius 1 is 1.23 bits per heavy atom. The first kappa shape index (κ1) is 23.3. The molecule has 0 unspecified atom stereocenters. The smallest absolute Gasteiger partial charge is 0.352 e. The van der Waals surface area contributed by atoms with Crippen LogP contribution in [-0.2, 0) is 11.0 Å². The summed E-state index contributed by atoms with van der Waals surface area (Å²) >= 11 is 0. The zero-order chi connectivity index (χ0) is 22.4. The normalized spacial score (nSPS) is 22.5.